The second-order valence-corrected chi connectivity index (χ2v) is 5.93. The predicted molar refractivity (Wildman–Crippen MR) is 80.0 cm³/mol. The number of aliphatic hydroxyl groups excluding tert-OH is 1. The molecule has 2 aromatic rings. The summed E-state index contributed by atoms with van der Waals surface area (Å²) in [6.45, 7) is 0.929. The zero-order valence-electron chi connectivity index (χ0n) is 10.7. The number of hydrogen-bond donors (Lipinski definition) is 1. The molecule has 0 radical (unpaired) electrons. The summed E-state index contributed by atoms with van der Waals surface area (Å²) in [5.74, 6) is -0.466. The van der Waals surface area contributed by atoms with Crippen molar-refractivity contribution < 1.29 is 14.2 Å². The number of methoxy groups -OCH3 is 1. The monoisotopic (exact) mass is 406 g/mol. The smallest absolute Gasteiger partial charge is 0.129 e. The van der Waals surface area contributed by atoms with Crippen molar-refractivity contribution in [2.45, 2.75) is 12.6 Å². The number of ether oxygens (including phenoxy) is 1. The lowest BCUT2D eigenvalue weighted by atomic mass is 10.1. The van der Waals surface area contributed by atoms with Crippen LogP contribution in [0.1, 0.15) is 17.4 Å². The average molecular weight is 408 g/mol. The van der Waals surface area contributed by atoms with Gasteiger partial charge in [-0.3, -0.25) is 4.68 Å². The highest BCUT2D eigenvalue weighted by Crippen LogP contribution is 2.31. The third-order valence-electron chi connectivity index (χ3n) is 2.85. The molecule has 0 bridgehead atoms. The van der Waals surface area contributed by atoms with E-state index < -0.39 is 11.9 Å². The number of aromatic nitrogens is 2. The van der Waals surface area contributed by atoms with Gasteiger partial charge in [0.05, 0.1) is 29.5 Å². The van der Waals surface area contributed by atoms with Gasteiger partial charge in [-0.05, 0) is 34.1 Å². The topological polar surface area (TPSA) is 47.3 Å². The van der Waals surface area contributed by atoms with E-state index in [-0.39, 0.29) is 5.56 Å². The molecule has 0 saturated heterocycles. The highest BCUT2D eigenvalue weighted by molar-refractivity contribution is 9.10. The van der Waals surface area contributed by atoms with Crippen LogP contribution in [0.15, 0.2) is 33.3 Å². The van der Waals surface area contributed by atoms with Crippen molar-refractivity contribution in [2.75, 3.05) is 13.7 Å². The van der Waals surface area contributed by atoms with Gasteiger partial charge >= 0.3 is 0 Å². The normalized spacial score (nSPS) is 12.7. The number of halogens is 3. The van der Waals surface area contributed by atoms with Crippen molar-refractivity contribution in [2.24, 2.45) is 0 Å². The third-order valence-corrected chi connectivity index (χ3v) is 3.96. The van der Waals surface area contributed by atoms with Crippen LogP contribution in [0.4, 0.5) is 4.39 Å². The molecule has 108 valence electrons. The molecule has 4 nitrogen and oxygen atoms in total. The Morgan fingerprint density at radius 2 is 2.20 bits per heavy atom. The summed E-state index contributed by atoms with van der Waals surface area (Å²) in [6, 6.07) is 4.45. The Bertz CT molecular complexity index is 604. The van der Waals surface area contributed by atoms with Crippen LogP contribution in [0.2, 0.25) is 0 Å². The van der Waals surface area contributed by atoms with E-state index in [9.17, 15) is 9.50 Å². The van der Waals surface area contributed by atoms with Gasteiger partial charge < -0.3 is 9.84 Å². The van der Waals surface area contributed by atoms with Crippen LogP contribution in [0, 0.1) is 5.82 Å². The van der Waals surface area contributed by atoms with Gasteiger partial charge in [-0.2, -0.15) is 5.10 Å². The first-order valence-corrected chi connectivity index (χ1v) is 7.46. The van der Waals surface area contributed by atoms with E-state index in [1.165, 1.54) is 6.07 Å². The number of rotatable bonds is 5. The molecule has 0 aliphatic heterocycles. The van der Waals surface area contributed by atoms with Crippen molar-refractivity contribution in [1.82, 2.24) is 9.78 Å². The lowest BCUT2D eigenvalue weighted by molar-refractivity contribution is 0.169. The van der Waals surface area contributed by atoms with Crippen molar-refractivity contribution in [3.63, 3.8) is 0 Å². The van der Waals surface area contributed by atoms with E-state index in [2.05, 4.69) is 37.0 Å². The molecule has 1 N–H and O–H groups in total. The average Bonchev–Trinajstić information content (AvgIpc) is 2.79. The van der Waals surface area contributed by atoms with Crippen LogP contribution in [0.3, 0.4) is 0 Å². The third kappa shape index (κ3) is 3.28. The number of benzene rings is 1. The number of aliphatic hydroxyl groups is 1. The molecule has 0 spiro atoms. The predicted octanol–water partition coefficient (Wildman–Crippen LogP) is 3.28. The summed E-state index contributed by atoms with van der Waals surface area (Å²) >= 11 is 6.61. The van der Waals surface area contributed by atoms with Crippen molar-refractivity contribution >= 4 is 31.9 Å². The Kier molecular flexibility index (Phi) is 5.31. The quantitative estimate of drug-likeness (QED) is 0.827. The van der Waals surface area contributed by atoms with Crippen LogP contribution >= 0.6 is 31.9 Å². The van der Waals surface area contributed by atoms with Crippen LogP contribution in [0.5, 0.6) is 0 Å². The van der Waals surface area contributed by atoms with Crippen molar-refractivity contribution in [1.29, 1.82) is 0 Å². The summed E-state index contributed by atoms with van der Waals surface area (Å²) in [7, 11) is 1.59. The van der Waals surface area contributed by atoms with E-state index >= 15 is 0 Å². The maximum atomic E-state index is 13.9. The first kappa shape index (κ1) is 15.6. The molecular formula is C13H13Br2FN2O2. The molecule has 1 heterocycles. The van der Waals surface area contributed by atoms with Crippen LogP contribution in [0.25, 0.3) is 0 Å². The fraction of sp³-hybridized carbons (Fsp3) is 0.308. The molecule has 1 aromatic carbocycles. The largest absolute Gasteiger partial charge is 0.383 e. The van der Waals surface area contributed by atoms with Crippen molar-refractivity contribution in [3.8, 4) is 0 Å². The van der Waals surface area contributed by atoms with E-state index in [0.717, 1.165) is 0 Å². The zero-order valence-corrected chi connectivity index (χ0v) is 13.9. The molecule has 0 saturated carbocycles. The molecule has 1 atom stereocenters. The maximum absolute atomic E-state index is 13.9. The van der Waals surface area contributed by atoms with E-state index in [4.69, 9.17) is 4.74 Å². The van der Waals surface area contributed by atoms with Gasteiger partial charge in [0.2, 0.25) is 0 Å². The highest BCUT2D eigenvalue weighted by atomic mass is 79.9. The van der Waals surface area contributed by atoms with Crippen molar-refractivity contribution in [3.05, 3.63) is 50.4 Å². The van der Waals surface area contributed by atoms with Gasteiger partial charge in [0.15, 0.2) is 0 Å². The van der Waals surface area contributed by atoms with E-state index in [0.29, 0.717) is 27.8 Å². The molecule has 0 aliphatic carbocycles. The molecule has 0 amide bonds. The minimum absolute atomic E-state index is 0.194. The summed E-state index contributed by atoms with van der Waals surface area (Å²) in [5.41, 5.74) is 0.693. The Labute approximate surface area is 132 Å². The molecule has 2 rings (SSSR count). The standard InChI is InChI=1S/C13H13Br2FN2O2/c1-20-5-4-18-12(10(15)7-17-18)13(19)9-6-8(14)2-3-11(9)16/h2-3,6-7,13,19H,4-5H2,1H3. The fourth-order valence-corrected chi connectivity index (χ4v) is 2.76. The first-order chi connectivity index (χ1) is 9.54. The van der Waals surface area contributed by atoms with Gasteiger partial charge in [0.1, 0.15) is 11.9 Å². The zero-order chi connectivity index (χ0) is 14.7. The lowest BCUT2D eigenvalue weighted by Crippen LogP contribution is -2.14. The summed E-state index contributed by atoms with van der Waals surface area (Å²) in [5, 5.41) is 14.6. The molecule has 1 unspecified atom stereocenters. The maximum Gasteiger partial charge on any atom is 0.129 e. The van der Waals surface area contributed by atoms with Gasteiger partial charge in [0, 0.05) is 17.1 Å². The molecule has 0 fully saturated rings. The van der Waals surface area contributed by atoms with Gasteiger partial charge in [-0.25, -0.2) is 4.39 Å². The second-order valence-electron chi connectivity index (χ2n) is 4.16. The Morgan fingerprint density at radius 1 is 1.45 bits per heavy atom. The molecule has 0 aliphatic rings. The minimum atomic E-state index is -1.11. The lowest BCUT2D eigenvalue weighted by Gasteiger charge is -2.15. The highest BCUT2D eigenvalue weighted by Gasteiger charge is 2.22. The Morgan fingerprint density at radius 3 is 2.90 bits per heavy atom. The van der Waals surface area contributed by atoms with Gasteiger partial charge in [-0.15, -0.1) is 0 Å². The Hall–Kier alpha value is -0.760. The SMILES string of the molecule is COCCn1ncc(Br)c1C(O)c1cc(Br)ccc1F. The fourth-order valence-electron chi connectivity index (χ4n) is 1.87. The van der Waals surface area contributed by atoms with Crippen LogP contribution in [-0.2, 0) is 11.3 Å². The molecular weight excluding hydrogens is 395 g/mol. The van der Waals surface area contributed by atoms with Crippen LogP contribution in [-0.4, -0.2) is 28.6 Å². The summed E-state index contributed by atoms with van der Waals surface area (Å²) in [6.07, 6.45) is 0.464. The Balaban J connectivity index is 2.39. The molecule has 7 heteroatoms. The second kappa shape index (κ2) is 6.80. The van der Waals surface area contributed by atoms with Crippen LogP contribution < -0.4 is 0 Å². The number of hydrogen-bond acceptors (Lipinski definition) is 3. The number of nitrogens with zero attached hydrogens (tertiary/aromatic N) is 2. The van der Waals surface area contributed by atoms with E-state index in [1.54, 1.807) is 30.1 Å². The van der Waals surface area contributed by atoms with Gasteiger partial charge in [0.25, 0.3) is 0 Å². The summed E-state index contributed by atoms with van der Waals surface area (Å²) < 4.78 is 21.8. The van der Waals surface area contributed by atoms with Gasteiger partial charge in [-0.1, -0.05) is 15.9 Å². The minimum Gasteiger partial charge on any atom is -0.383 e. The first-order valence-electron chi connectivity index (χ1n) is 5.87. The molecule has 1 aromatic heterocycles. The molecule has 20 heavy (non-hydrogen) atoms. The van der Waals surface area contributed by atoms with E-state index in [1.807, 2.05) is 0 Å². The summed E-state index contributed by atoms with van der Waals surface area (Å²) in [4.78, 5) is 0.